The molecule has 0 aliphatic carbocycles. The first kappa shape index (κ1) is 25.2. The van der Waals surface area contributed by atoms with Gasteiger partial charge in [0.15, 0.2) is 5.83 Å². The van der Waals surface area contributed by atoms with E-state index in [0.717, 1.165) is 6.92 Å². The quantitative estimate of drug-likeness (QED) is 0.314. The number of carbonyl (C=O) groups excluding carboxylic acids is 1. The van der Waals surface area contributed by atoms with E-state index >= 15 is 0 Å². The van der Waals surface area contributed by atoms with E-state index in [1.54, 1.807) is 0 Å². The molecule has 0 saturated carbocycles. The topological polar surface area (TPSA) is 26.3 Å². The first-order chi connectivity index (χ1) is 11.6. The molecule has 0 aromatic rings. The summed E-state index contributed by atoms with van der Waals surface area (Å²) in [4.78, 5) is 10.6. The van der Waals surface area contributed by atoms with E-state index in [9.17, 15) is 66.3 Å². The largest absolute Gasteiger partial charge is 0.463 e. The number of carbonyl (C=O) groups is 1. The Hall–Kier alpha value is -1.77. The summed E-state index contributed by atoms with van der Waals surface area (Å²) in [6.07, 6.45) is -8.77. The molecule has 0 aliphatic rings. The van der Waals surface area contributed by atoms with Crippen LogP contribution in [0, 0.1) is 0 Å². The van der Waals surface area contributed by atoms with Gasteiger partial charge in [0, 0.05) is 0 Å². The van der Waals surface area contributed by atoms with Crippen molar-refractivity contribution in [3.63, 3.8) is 0 Å². The zero-order valence-electron chi connectivity index (χ0n) is 12.4. The molecule has 0 radical (unpaired) electrons. The number of hydrogen-bond donors (Lipinski definition) is 0. The van der Waals surface area contributed by atoms with E-state index in [0.29, 0.717) is 0 Å². The second kappa shape index (κ2) is 7.00. The molecule has 0 aromatic carbocycles. The second-order valence-corrected chi connectivity index (χ2v) is 4.61. The van der Waals surface area contributed by atoms with Gasteiger partial charge in [-0.25, -0.2) is 9.18 Å². The molecule has 0 heterocycles. The molecule has 0 aliphatic heterocycles. The molecule has 0 atom stereocenters. The molecule has 0 spiro atoms. The van der Waals surface area contributed by atoms with Crippen molar-refractivity contribution < 1.29 is 71.0 Å². The molecule has 0 saturated heterocycles. The van der Waals surface area contributed by atoms with E-state index in [4.69, 9.17) is 0 Å². The molecule has 0 aromatic heterocycles. The fourth-order valence-corrected chi connectivity index (χ4v) is 1.30. The Kier molecular flexibility index (Phi) is 6.54. The maximum Gasteiger partial charge on any atom is 0.460 e. The molecule has 0 rings (SSSR count). The summed E-state index contributed by atoms with van der Waals surface area (Å²) < 4.78 is 182. The Morgan fingerprint density at radius 3 is 1.44 bits per heavy atom. The SMILES string of the molecule is CCOC(=O)C=C(F)C(F)(F)C(F)(F)C(F)(F)C(F)(F)C(F)(F)C(F)(F)F. The summed E-state index contributed by atoms with van der Waals surface area (Å²) in [5.41, 5.74) is 0. The lowest BCUT2D eigenvalue weighted by atomic mass is 9.93. The Labute approximate surface area is 139 Å². The van der Waals surface area contributed by atoms with Gasteiger partial charge in [-0.15, -0.1) is 0 Å². The monoisotopic (exact) mass is 436 g/mol. The van der Waals surface area contributed by atoms with Gasteiger partial charge < -0.3 is 4.74 Å². The number of ether oxygens (including phenoxy) is 1. The van der Waals surface area contributed by atoms with Crippen LogP contribution in [0.2, 0.25) is 0 Å². The summed E-state index contributed by atoms with van der Waals surface area (Å²) in [5, 5.41) is 0. The van der Waals surface area contributed by atoms with Crippen LogP contribution in [-0.2, 0) is 9.53 Å². The molecule has 0 bridgehead atoms. The van der Waals surface area contributed by atoms with Crippen LogP contribution in [0.3, 0.4) is 0 Å². The van der Waals surface area contributed by atoms with Crippen molar-refractivity contribution in [3.05, 3.63) is 11.9 Å². The standard InChI is InChI=1S/C11H6F14O2/c1-2-27-5(26)3-4(12)6(13,14)7(15,16)8(17,18)9(19,20)10(21,22)11(23,24)25/h3H,2H2,1H3. The van der Waals surface area contributed by atoms with Crippen LogP contribution in [0.15, 0.2) is 11.9 Å². The number of esters is 1. The van der Waals surface area contributed by atoms with Crippen molar-refractivity contribution in [2.45, 2.75) is 42.7 Å². The molecule has 0 unspecified atom stereocenters. The highest BCUT2D eigenvalue weighted by Crippen LogP contribution is 2.61. The van der Waals surface area contributed by atoms with Gasteiger partial charge in [-0.1, -0.05) is 0 Å². The summed E-state index contributed by atoms with van der Waals surface area (Å²) in [5.74, 6) is -45.2. The van der Waals surface area contributed by atoms with Gasteiger partial charge >= 0.3 is 41.8 Å². The first-order valence-electron chi connectivity index (χ1n) is 6.13. The third kappa shape index (κ3) is 3.79. The summed E-state index contributed by atoms with van der Waals surface area (Å²) >= 11 is 0. The molecular formula is C11H6F14O2. The average molecular weight is 436 g/mol. The van der Waals surface area contributed by atoms with Crippen molar-refractivity contribution in [1.29, 1.82) is 0 Å². The fraction of sp³-hybridized carbons (Fsp3) is 0.727. The molecule has 0 amide bonds. The predicted octanol–water partition coefficient (Wildman–Crippen LogP) is 5.14. The van der Waals surface area contributed by atoms with Crippen molar-refractivity contribution in [2.75, 3.05) is 6.61 Å². The van der Waals surface area contributed by atoms with Gasteiger partial charge in [-0.2, -0.15) is 57.1 Å². The van der Waals surface area contributed by atoms with Crippen LogP contribution < -0.4 is 0 Å². The molecular weight excluding hydrogens is 430 g/mol. The van der Waals surface area contributed by atoms with Crippen molar-refractivity contribution in [3.8, 4) is 0 Å². The van der Waals surface area contributed by atoms with E-state index < -0.39 is 60.3 Å². The highest BCUT2D eigenvalue weighted by Gasteiger charge is 2.91. The number of rotatable bonds is 7. The van der Waals surface area contributed by atoms with E-state index in [-0.39, 0.29) is 0 Å². The van der Waals surface area contributed by atoms with Gasteiger partial charge in [0.25, 0.3) is 0 Å². The number of hydrogen-bond acceptors (Lipinski definition) is 2. The van der Waals surface area contributed by atoms with E-state index in [2.05, 4.69) is 4.74 Å². The van der Waals surface area contributed by atoms with Crippen LogP contribution in [-0.4, -0.2) is 48.4 Å². The smallest absolute Gasteiger partial charge is 0.460 e. The van der Waals surface area contributed by atoms with Crippen LogP contribution >= 0.6 is 0 Å². The Bertz CT molecular complexity index is 588. The van der Waals surface area contributed by atoms with E-state index in [1.165, 1.54) is 0 Å². The number of alkyl halides is 13. The summed E-state index contributed by atoms with van der Waals surface area (Å²) in [6, 6.07) is 0. The average Bonchev–Trinajstić information content (AvgIpc) is 2.45. The zero-order valence-corrected chi connectivity index (χ0v) is 12.4. The minimum atomic E-state index is -8.14. The van der Waals surface area contributed by atoms with Crippen LogP contribution in [0.1, 0.15) is 6.92 Å². The number of allylic oxidation sites excluding steroid dienone is 1. The lowest BCUT2D eigenvalue weighted by molar-refractivity contribution is -0.437. The summed E-state index contributed by atoms with van der Waals surface area (Å²) in [7, 11) is 0. The van der Waals surface area contributed by atoms with Crippen molar-refractivity contribution in [1.82, 2.24) is 0 Å². The van der Waals surface area contributed by atoms with Crippen molar-refractivity contribution >= 4 is 5.97 Å². The number of halogens is 14. The van der Waals surface area contributed by atoms with Crippen LogP contribution in [0.25, 0.3) is 0 Å². The molecule has 16 heteroatoms. The van der Waals surface area contributed by atoms with Crippen LogP contribution in [0.4, 0.5) is 61.5 Å². The Morgan fingerprint density at radius 2 is 1.11 bits per heavy atom. The Balaban J connectivity index is 6.35. The minimum absolute atomic E-state index is 0.684. The van der Waals surface area contributed by atoms with Crippen LogP contribution in [0.5, 0.6) is 0 Å². The highest BCUT2D eigenvalue weighted by molar-refractivity contribution is 5.82. The maximum atomic E-state index is 13.2. The van der Waals surface area contributed by atoms with Gasteiger partial charge in [-0.05, 0) is 6.92 Å². The molecule has 160 valence electrons. The molecule has 0 fully saturated rings. The van der Waals surface area contributed by atoms with E-state index in [1.807, 2.05) is 0 Å². The highest BCUT2D eigenvalue weighted by atomic mass is 19.4. The van der Waals surface area contributed by atoms with Crippen molar-refractivity contribution in [2.24, 2.45) is 0 Å². The predicted molar refractivity (Wildman–Crippen MR) is 56.6 cm³/mol. The molecule has 27 heavy (non-hydrogen) atoms. The Morgan fingerprint density at radius 1 is 0.741 bits per heavy atom. The van der Waals surface area contributed by atoms with Gasteiger partial charge in [0.1, 0.15) is 0 Å². The fourth-order valence-electron chi connectivity index (χ4n) is 1.30. The normalized spacial score (nSPS) is 15.7. The lowest BCUT2D eigenvalue weighted by Gasteiger charge is -2.39. The lowest BCUT2D eigenvalue weighted by Crippen LogP contribution is -2.70. The molecule has 2 nitrogen and oxygen atoms in total. The first-order valence-corrected chi connectivity index (χ1v) is 6.13. The zero-order chi connectivity index (χ0) is 22.3. The summed E-state index contributed by atoms with van der Waals surface area (Å²) in [6.45, 7) is 0.293. The van der Waals surface area contributed by atoms with Gasteiger partial charge in [0.05, 0.1) is 12.7 Å². The van der Waals surface area contributed by atoms with Gasteiger partial charge in [0.2, 0.25) is 0 Å². The molecule has 0 N–H and O–H groups in total. The minimum Gasteiger partial charge on any atom is -0.463 e. The second-order valence-electron chi connectivity index (χ2n) is 4.61. The third-order valence-corrected chi connectivity index (χ3v) is 2.76. The maximum absolute atomic E-state index is 13.2. The third-order valence-electron chi connectivity index (χ3n) is 2.76. The van der Waals surface area contributed by atoms with Gasteiger partial charge in [-0.3, -0.25) is 0 Å².